The lowest BCUT2D eigenvalue weighted by molar-refractivity contribution is 0.171. The van der Waals surface area contributed by atoms with Gasteiger partial charge >= 0.3 is 6.03 Å². The van der Waals surface area contributed by atoms with Crippen LogP contribution in [-0.2, 0) is 19.4 Å². The Morgan fingerprint density at radius 3 is 2.65 bits per heavy atom. The van der Waals surface area contributed by atoms with Crippen LogP contribution in [0.2, 0.25) is 0 Å². The van der Waals surface area contributed by atoms with Gasteiger partial charge in [-0.25, -0.2) is 4.79 Å². The van der Waals surface area contributed by atoms with Gasteiger partial charge in [-0.05, 0) is 68.0 Å². The molecule has 4 aromatic rings. The highest BCUT2D eigenvalue weighted by Crippen LogP contribution is 2.44. The summed E-state index contributed by atoms with van der Waals surface area (Å²) in [6.45, 7) is 3.71. The first-order valence-electron chi connectivity index (χ1n) is 13.0. The van der Waals surface area contributed by atoms with E-state index < -0.39 is 0 Å². The third-order valence-electron chi connectivity index (χ3n) is 7.63. The van der Waals surface area contributed by atoms with E-state index in [1.165, 1.54) is 39.4 Å². The van der Waals surface area contributed by atoms with Crippen LogP contribution in [0.3, 0.4) is 0 Å². The Kier molecular flexibility index (Phi) is 5.47. The number of aromatic nitrogens is 1. The summed E-state index contributed by atoms with van der Waals surface area (Å²) in [6, 6.07) is 18.1. The molecular formula is C30H29N3O3S. The average molecular weight is 512 g/mol. The van der Waals surface area contributed by atoms with Crippen molar-refractivity contribution in [2.75, 3.05) is 18.5 Å². The van der Waals surface area contributed by atoms with Gasteiger partial charge in [-0.3, -0.25) is 0 Å². The topological polar surface area (TPSA) is 55.7 Å². The molecule has 0 saturated heterocycles. The van der Waals surface area contributed by atoms with Gasteiger partial charge in [0.25, 0.3) is 0 Å². The van der Waals surface area contributed by atoms with Gasteiger partial charge in [-0.2, -0.15) is 0 Å². The molecule has 3 aliphatic rings. The van der Waals surface area contributed by atoms with Gasteiger partial charge in [0, 0.05) is 28.4 Å². The number of ether oxygens (including phenoxy) is 2. The number of anilines is 1. The monoisotopic (exact) mass is 511 g/mol. The maximum absolute atomic E-state index is 14.1. The van der Waals surface area contributed by atoms with Crippen molar-refractivity contribution in [3.05, 3.63) is 93.6 Å². The Balaban J connectivity index is 1.33. The Hall–Kier alpha value is -3.71. The Labute approximate surface area is 220 Å². The minimum atomic E-state index is -0.216. The van der Waals surface area contributed by atoms with Crippen LogP contribution in [0.1, 0.15) is 51.7 Å². The first-order valence-corrected chi connectivity index (χ1v) is 13.8. The molecular weight excluding hydrogens is 482 g/mol. The van der Waals surface area contributed by atoms with Crippen LogP contribution in [0.15, 0.2) is 60.8 Å². The molecule has 7 rings (SSSR count). The highest BCUT2D eigenvalue weighted by molar-refractivity contribution is 7.15. The van der Waals surface area contributed by atoms with Gasteiger partial charge in [0.2, 0.25) is 0 Å². The van der Waals surface area contributed by atoms with Crippen LogP contribution in [0.4, 0.5) is 10.5 Å². The molecule has 2 amide bonds. The second kappa shape index (κ2) is 8.99. The summed E-state index contributed by atoms with van der Waals surface area (Å²) in [6.07, 6.45) is 6.82. The van der Waals surface area contributed by atoms with Gasteiger partial charge in [0.05, 0.1) is 18.3 Å². The number of hydrogen-bond donors (Lipinski definition) is 1. The Morgan fingerprint density at radius 2 is 1.78 bits per heavy atom. The molecule has 1 N–H and O–H groups in total. The predicted molar refractivity (Wildman–Crippen MR) is 145 cm³/mol. The summed E-state index contributed by atoms with van der Waals surface area (Å²) in [5.41, 5.74) is 6.86. The van der Waals surface area contributed by atoms with E-state index in [-0.39, 0.29) is 12.1 Å². The highest BCUT2D eigenvalue weighted by atomic mass is 32.1. The summed E-state index contributed by atoms with van der Waals surface area (Å²) in [7, 11) is 0. The highest BCUT2D eigenvalue weighted by Gasteiger charge is 2.36. The molecule has 2 aromatic heterocycles. The van der Waals surface area contributed by atoms with E-state index in [0.29, 0.717) is 36.9 Å². The van der Waals surface area contributed by atoms with Gasteiger partial charge in [-0.1, -0.05) is 29.8 Å². The fourth-order valence-electron chi connectivity index (χ4n) is 5.80. The molecule has 1 atom stereocenters. The molecule has 7 heteroatoms. The van der Waals surface area contributed by atoms with Crippen LogP contribution in [0.5, 0.6) is 11.5 Å². The zero-order valence-corrected chi connectivity index (χ0v) is 21.6. The second-order valence-corrected chi connectivity index (χ2v) is 11.1. The van der Waals surface area contributed by atoms with Crippen molar-refractivity contribution in [2.45, 2.75) is 45.2 Å². The van der Waals surface area contributed by atoms with Crippen molar-refractivity contribution in [3.8, 4) is 16.5 Å². The van der Waals surface area contributed by atoms with E-state index in [9.17, 15) is 4.79 Å². The number of carbonyl (C=O) groups excluding carboxylic acids is 1. The number of thiophene rings is 1. The molecule has 4 heterocycles. The number of urea groups is 1. The molecule has 1 aliphatic carbocycles. The normalized spacial score (nSPS) is 17.9. The fraction of sp³-hybridized carbons (Fsp3) is 0.300. The SMILES string of the molecule is Cc1ccc([C@H]2c3cccn3-c3sc4c(c3CN2C(=O)Nc2ccc3c(c2)OCCO3)CCCC4)cc1. The van der Waals surface area contributed by atoms with Crippen LogP contribution in [-0.4, -0.2) is 28.7 Å². The molecule has 0 bridgehead atoms. The lowest BCUT2D eigenvalue weighted by Gasteiger charge is -2.31. The fourth-order valence-corrected chi connectivity index (χ4v) is 7.21. The van der Waals surface area contributed by atoms with Crippen molar-refractivity contribution in [1.82, 2.24) is 9.47 Å². The van der Waals surface area contributed by atoms with Crippen molar-refractivity contribution in [1.29, 1.82) is 0 Å². The van der Waals surface area contributed by atoms with Crippen LogP contribution < -0.4 is 14.8 Å². The van der Waals surface area contributed by atoms with E-state index in [2.05, 4.69) is 59.4 Å². The number of amides is 2. The lowest BCUT2D eigenvalue weighted by atomic mass is 9.95. The molecule has 0 saturated carbocycles. The number of nitrogens with one attached hydrogen (secondary N) is 1. The van der Waals surface area contributed by atoms with Crippen molar-refractivity contribution < 1.29 is 14.3 Å². The quantitative estimate of drug-likeness (QED) is 0.328. The first-order chi connectivity index (χ1) is 18.2. The van der Waals surface area contributed by atoms with Crippen LogP contribution in [0.25, 0.3) is 5.00 Å². The minimum absolute atomic E-state index is 0.126. The summed E-state index contributed by atoms with van der Waals surface area (Å²) in [4.78, 5) is 17.6. The first kappa shape index (κ1) is 22.5. The van der Waals surface area contributed by atoms with Crippen LogP contribution >= 0.6 is 11.3 Å². The van der Waals surface area contributed by atoms with Crippen molar-refractivity contribution >= 4 is 23.1 Å². The maximum atomic E-state index is 14.1. The number of fused-ring (bicyclic) bond motifs is 6. The molecule has 2 aliphatic heterocycles. The third kappa shape index (κ3) is 3.89. The molecule has 6 nitrogen and oxygen atoms in total. The molecule has 188 valence electrons. The summed E-state index contributed by atoms with van der Waals surface area (Å²) >= 11 is 1.91. The standard InChI is InChI=1S/C30H29N3O3S/c1-19-8-10-20(11-9-19)28-24-6-4-14-32(24)29-23(22-5-2-3-7-27(22)37-29)18-33(28)30(34)31-21-12-13-25-26(17-21)36-16-15-35-25/h4,6,8-14,17,28H,2-3,5,7,15-16,18H2,1H3,(H,31,34)/t28-/m0/s1. The minimum Gasteiger partial charge on any atom is -0.486 e. The van der Waals surface area contributed by atoms with E-state index in [4.69, 9.17) is 9.47 Å². The zero-order chi connectivity index (χ0) is 24.9. The number of carbonyl (C=O) groups is 1. The summed E-state index contributed by atoms with van der Waals surface area (Å²) in [5.74, 6) is 1.38. The van der Waals surface area contributed by atoms with Crippen molar-refractivity contribution in [2.24, 2.45) is 0 Å². The zero-order valence-electron chi connectivity index (χ0n) is 20.8. The number of hydrogen-bond acceptors (Lipinski definition) is 4. The number of benzene rings is 2. The smallest absolute Gasteiger partial charge is 0.322 e. The third-order valence-corrected chi connectivity index (χ3v) is 8.96. The second-order valence-electron chi connectivity index (χ2n) is 10.0. The van der Waals surface area contributed by atoms with Gasteiger partial charge in [-0.15, -0.1) is 11.3 Å². The molecule has 0 unspecified atom stereocenters. The predicted octanol–water partition coefficient (Wildman–Crippen LogP) is 6.63. The van der Waals surface area contributed by atoms with Gasteiger partial charge < -0.3 is 24.3 Å². The molecule has 0 spiro atoms. The van der Waals surface area contributed by atoms with E-state index in [1.54, 1.807) is 0 Å². The average Bonchev–Trinajstić information content (AvgIpc) is 3.51. The molecule has 0 radical (unpaired) electrons. The lowest BCUT2D eigenvalue weighted by Crippen LogP contribution is -2.38. The maximum Gasteiger partial charge on any atom is 0.322 e. The molecule has 2 aromatic carbocycles. The van der Waals surface area contributed by atoms with Crippen LogP contribution in [0, 0.1) is 6.92 Å². The number of nitrogens with zero attached hydrogens (tertiary/aromatic N) is 2. The number of rotatable bonds is 2. The van der Waals surface area contributed by atoms with E-state index in [0.717, 1.165) is 24.1 Å². The Morgan fingerprint density at radius 1 is 0.973 bits per heavy atom. The van der Waals surface area contributed by atoms with E-state index in [1.807, 2.05) is 34.4 Å². The van der Waals surface area contributed by atoms with E-state index >= 15 is 0 Å². The largest absolute Gasteiger partial charge is 0.486 e. The van der Waals surface area contributed by atoms with Gasteiger partial charge in [0.15, 0.2) is 11.5 Å². The molecule has 0 fully saturated rings. The number of aryl methyl sites for hydroxylation is 2. The Bertz CT molecular complexity index is 1490. The molecule has 37 heavy (non-hydrogen) atoms. The van der Waals surface area contributed by atoms with Crippen molar-refractivity contribution in [3.63, 3.8) is 0 Å². The van der Waals surface area contributed by atoms with Gasteiger partial charge in [0.1, 0.15) is 18.2 Å². The summed E-state index contributed by atoms with van der Waals surface area (Å²) in [5, 5.41) is 4.43. The summed E-state index contributed by atoms with van der Waals surface area (Å²) < 4.78 is 13.7.